The van der Waals surface area contributed by atoms with Gasteiger partial charge in [-0.05, 0) is 40.4 Å². The molecule has 0 aromatic carbocycles. The number of halogens is 1. The van der Waals surface area contributed by atoms with Gasteiger partial charge in [-0.2, -0.15) is 0 Å². The van der Waals surface area contributed by atoms with Crippen LogP contribution in [0.3, 0.4) is 0 Å². The van der Waals surface area contributed by atoms with E-state index in [1.54, 1.807) is 11.3 Å². The highest BCUT2D eigenvalue weighted by Gasteiger charge is 2.13. The average Bonchev–Trinajstić information content (AvgIpc) is 2.84. The number of aromatic amines is 1. The summed E-state index contributed by atoms with van der Waals surface area (Å²) in [6.45, 7) is 4.33. The van der Waals surface area contributed by atoms with Crippen molar-refractivity contribution in [2.45, 2.75) is 26.3 Å². The molecular weight excluding hydrogens is 298 g/mol. The van der Waals surface area contributed by atoms with Crippen molar-refractivity contribution >= 4 is 27.3 Å². The number of nitrogens with zero attached hydrogens (tertiary/aromatic N) is 1. The lowest BCUT2D eigenvalue weighted by Gasteiger charge is -2.10. The van der Waals surface area contributed by atoms with E-state index in [0.717, 1.165) is 21.7 Å². The number of rotatable bonds is 4. The molecule has 0 bridgehead atoms. The van der Waals surface area contributed by atoms with Crippen LogP contribution in [0.4, 0.5) is 0 Å². The van der Waals surface area contributed by atoms with Gasteiger partial charge in [-0.25, -0.2) is 4.98 Å². The predicted octanol–water partition coefficient (Wildman–Crippen LogP) is 3.95. The van der Waals surface area contributed by atoms with Crippen LogP contribution in [0.5, 0.6) is 0 Å². The van der Waals surface area contributed by atoms with Crippen LogP contribution >= 0.6 is 27.3 Å². The maximum Gasteiger partial charge on any atom is 0.123 e. The first-order valence-corrected chi connectivity index (χ1v) is 7.23. The molecule has 0 aliphatic carbocycles. The van der Waals surface area contributed by atoms with Crippen molar-refractivity contribution in [3.05, 3.63) is 27.9 Å². The normalized spacial score (nSPS) is 13.2. The molecule has 2 rings (SSSR count). The van der Waals surface area contributed by atoms with Crippen LogP contribution in [0, 0.1) is 5.92 Å². The Bertz CT molecular complexity index is 489. The molecule has 1 unspecified atom stereocenters. The summed E-state index contributed by atoms with van der Waals surface area (Å²) in [5.74, 6) is 1.45. The van der Waals surface area contributed by atoms with Gasteiger partial charge in [-0.15, -0.1) is 11.3 Å². The third-order valence-electron chi connectivity index (χ3n) is 2.51. The van der Waals surface area contributed by atoms with E-state index in [1.165, 1.54) is 4.88 Å². The minimum absolute atomic E-state index is 0.00727. The Morgan fingerprint density at radius 3 is 2.82 bits per heavy atom. The average molecular weight is 314 g/mol. The molecule has 0 radical (unpaired) electrons. The number of aromatic nitrogens is 2. The Hall–Kier alpha value is -0.650. The molecule has 1 atom stereocenters. The van der Waals surface area contributed by atoms with E-state index in [9.17, 15) is 0 Å². The van der Waals surface area contributed by atoms with Gasteiger partial charge in [0, 0.05) is 0 Å². The van der Waals surface area contributed by atoms with Crippen LogP contribution in [0.1, 0.15) is 32.1 Å². The molecule has 92 valence electrons. The molecule has 0 saturated carbocycles. The third kappa shape index (κ3) is 3.18. The Morgan fingerprint density at radius 1 is 1.47 bits per heavy atom. The summed E-state index contributed by atoms with van der Waals surface area (Å²) in [6.07, 6.45) is 2.80. The lowest BCUT2D eigenvalue weighted by atomic mass is 10.0. The van der Waals surface area contributed by atoms with Crippen molar-refractivity contribution in [3.63, 3.8) is 0 Å². The van der Waals surface area contributed by atoms with Crippen LogP contribution in [0.2, 0.25) is 0 Å². The Balaban J connectivity index is 2.15. The van der Waals surface area contributed by atoms with Gasteiger partial charge in [-0.1, -0.05) is 13.8 Å². The summed E-state index contributed by atoms with van der Waals surface area (Å²) in [7, 11) is 0. The Labute approximate surface area is 114 Å². The zero-order valence-corrected chi connectivity index (χ0v) is 12.3. The molecule has 0 spiro atoms. The molecule has 3 N–H and O–H groups in total. The highest BCUT2D eigenvalue weighted by molar-refractivity contribution is 9.11. The van der Waals surface area contributed by atoms with Gasteiger partial charge in [0.15, 0.2) is 0 Å². The van der Waals surface area contributed by atoms with Gasteiger partial charge in [0.05, 0.1) is 26.6 Å². The quantitative estimate of drug-likeness (QED) is 0.898. The number of nitrogens with one attached hydrogen (secondary N) is 1. The number of imidazole rings is 1. The van der Waals surface area contributed by atoms with E-state index >= 15 is 0 Å². The minimum atomic E-state index is -0.00727. The fraction of sp³-hybridized carbons (Fsp3) is 0.417. The molecule has 0 fully saturated rings. The van der Waals surface area contributed by atoms with Crippen molar-refractivity contribution in [3.8, 4) is 10.6 Å². The van der Waals surface area contributed by atoms with E-state index in [4.69, 9.17) is 5.73 Å². The van der Waals surface area contributed by atoms with Crippen molar-refractivity contribution in [1.82, 2.24) is 9.97 Å². The van der Waals surface area contributed by atoms with Gasteiger partial charge in [0.2, 0.25) is 0 Å². The molecule has 2 heterocycles. The number of H-pyrrole nitrogens is 1. The van der Waals surface area contributed by atoms with E-state index in [2.05, 4.69) is 45.8 Å². The summed E-state index contributed by atoms with van der Waals surface area (Å²) in [4.78, 5) is 8.84. The standard InChI is InChI=1S/C12H16BrN3S/c1-7(2)5-8(14)12-15-6-9(16-12)10-3-4-11(13)17-10/h3-4,6-8H,5,14H2,1-2H3,(H,15,16). The van der Waals surface area contributed by atoms with Gasteiger partial charge in [-0.3, -0.25) is 0 Å². The van der Waals surface area contributed by atoms with E-state index in [0.29, 0.717) is 5.92 Å². The highest BCUT2D eigenvalue weighted by Crippen LogP contribution is 2.30. The summed E-state index contributed by atoms with van der Waals surface area (Å²) < 4.78 is 1.12. The van der Waals surface area contributed by atoms with Crippen molar-refractivity contribution < 1.29 is 0 Å². The molecule has 0 aliphatic heterocycles. The molecule has 2 aromatic rings. The lowest BCUT2D eigenvalue weighted by Crippen LogP contribution is -2.14. The number of hydrogen-bond acceptors (Lipinski definition) is 3. The second-order valence-corrected chi connectivity index (χ2v) is 6.98. The Morgan fingerprint density at radius 2 is 2.24 bits per heavy atom. The van der Waals surface area contributed by atoms with Crippen LogP contribution in [0.15, 0.2) is 22.1 Å². The van der Waals surface area contributed by atoms with Crippen molar-refractivity contribution in [1.29, 1.82) is 0 Å². The molecule has 0 saturated heterocycles. The van der Waals surface area contributed by atoms with E-state index < -0.39 is 0 Å². The molecule has 5 heteroatoms. The third-order valence-corrected chi connectivity index (χ3v) is 4.17. The molecule has 17 heavy (non-hydrogen) atoms. The zero-order chi connectivity index (χ0) is 12.4. The first-order chi connectivity index (χ1) is 8.06. The lowest BCUT2D eigenvalue weighted by molar-refractivity contribution is 0.496. The van der Waals surface area contributed by atoms with Crippen LogP contribution in [-0.4, -0.2) is 9.97 Å². The second kappa shape index (κ2) is 5.33. The molecule has 3 nitrogen and oxygen atoms in total. The number of nitrogens with two attached hydrogens (primary N) is 1. The summed E-state index contributed by atoms with van der Waals surface area (Å²) in [6, 6.07) is 4.10. The monoisotopic (exact) mass is 313 g/mol. The number of hydrogen-bond donors (Lipinski definition) is 2. The summed E-state index contributed by atoms with van der Waals surface area (Å²) >= 11 is 5.14. The largest absolute Gasteiger partial charge is 0.340 e. The van der Waals surface area contributed by atoms with E-state index in [-0.39, 0.29) is 6.04 Å². The van der Waals surface area contributed by atoms with Gasteiger partial charge < -0.3 is 10.7 Å². The molecular formula is C12H16BrN3S. The van der Waals surface area contributed by atoms with Gasteiger partial charge in [0.25, 0.3) is 0 Å². The van der Waals surface area contributed by atoms with Crippen molar-refractivity contribution in [2.75, 3.05) is 0 Å². The first-order valence-electron chi connectivity index (χ1n) is 5.62. The van der Waals surface area contributed by atoms with Crippen molar-refractivity contribution in [2.24, 2.45) is 11.7 Å². The maximum absolute atomic E-state index is 6.09. The van der Waals surface area contributed by atoms with Crippen LogP contribution < -0.4 is 5.73 Å². The highest BCUT2D eigenvalue weighted by atomic mass is 79.9. The molecule has 2 aromatic heterocycles. The van der Waals surface area contributed by atoms with Gasteiger partial charge in [0.1, 0.15) is 5.82 Å². The smallest absolute Gasteiger partial charge is 0.123 e. The van der Waals surface area contributed by atoms with Gasteiger partial charge >= 0.3 is 0 Å². The topological polar surface area (TPSA) is 54.7 Å². The minimum Gasteiger partial charge on any atom is -0.340 e. The summed E-state index contributed by atoms with van der Waals surface area (Å²) in [5, 5.41) is 0. The second-order valence-electron chi connectivity index (χ2n) is 4.52. The predicted molar refractivity (Wildman–Crippen MR) is 76.0 cm³/mol. The number of thiophene rings is 1. The SMILES string of the molecule is CC(C)CC(N)c1ncc(-c2ccc(Br)s2)[nH]1. The van der Waals surface area contributed by atoms with Crippen LogP contribution in [-0.2, 0) is 0 Å². The maximum atomic E-state index is 6.09. The first kappa shape index (κ1) is 12.8. The summed E-state index contributed by atoms with van der Waals surface area (Å²) in [5.41, 5.74) is 7.13. The molecule has 0 amide bonds. The Kier molecular flexibility index (Phi) is 4.01. The fourth-order valence-electron chi connectivity index (χ4n) is 1.73. The van der Waals surface area contributed by atoms with E-state index in [1.807, 2.05) is 12.3 Å². The molecule has 0 aliphatic rings. The fourth-order valence-corrected chi connectivity index (χ4v) is 3.08. The zero-order valence-electron chi connectivity index (χ0n) is 9.90. The van der Waals surface area contributed by atoms with Crippen LogP contribution in [0.25, 0.3) is 10.6 Å².